The first-order chi connectivity index (χ1) is 3.41. The molecule has 0 bridgehead atoms. The van der Waals surface area contributed by atoms with Gasteiger partial charge in [-0.3, -0.25) is 4.55 Å². The van der Waals surface area contributed by atoms with Crippen molar-refractivity contribution in [2.24, 2.45) is 0 Å². The minimum Gasteiger partial charge on any atom is -0.260 e. The number of rotatable bonds is 0. The molecular formula is C2H6FIO3S. The second kappa shape index (κ2) is 5.70. The maximum Gasteiger partial charge on any atom is 0.435 e. The van der Waals surface area contributed by atoms with Crippen LogP contribution in [-0.4, -0.2) is 17.4 Å². The summed E-state index contributed by atoms with van der Waals surface area (Å²) in [6, 6.07) is 0. The van der Waals surface area contributed by atoms with Crippen LogP contribution in [-0.2, 0) is 10.5 Å². The highest BCUT2D eigenvalue weighted by Crippen LogP contribution is 1.74. The van der Waals surface area contributed by atoms with E-state index in [0.717, 1.165) is 0 Å². The van der Waals surface area contributed by atoms with Gasteiger partial charge in [0, 0.05) is 0 Å². The molecule has 0 aliphatic carbocycles. The topological polar surface area (TPSA) is 54.4 Å². The Morgan fingerprint density at radius 3 is 1.75 bits per heavy atom. The van der Waals surface area contributed by atoms with Crippen LogP contribution in [0.1, 0.15) is 6.92 Å². The van der Waals surface area contributed by atoms with Gasteiger partial charge in [0.2, 0.25) is 0 Å². The first-order valence-corrected chi connectivity index (χ1v) is 4.51. The molecule has 0 amide bonds. The second-order valence-corrected chi connectivity index (χ2v) is 3.03. The molecule has 1 N–H and O–H groups in total. The lowest BCUT2D eigenvalue weighted by Gasteiger charge is -1.63. The zero-order valence-electron chi connectivity index (χ0n) is 4.13. The quantitative estimate of drug-likeness (QED) is 0.306. The van der Waals surface area contributed by atoms with Crippen LogP contribution < -0.4 is 0 Å². The first kappa shape index (κ1) is 11.4. The molecule has 52 valence electrons. The molecule has 3 nitrogen and oxygen atoms in total. The first-order valence-electron chi connectivity index (χ1n) is 1.64. The monoisotopic (exact) mass is 256 g/mol. The summed E-state index contributed by atoms with van der Waals surface area (Å²) in [5, 5.41) is 0. The van der Waals surface area contributed by atoms with Gasteiger partial charge in [-0.15, -0.1) is 0 Å². The van der Waals surface area contributed by atoms with E-state index in [1.165, 1.54) is 4.43 Å². The summed E-state index contributed by atoms with van der Waals surface area (Å²) in [6.45, 7) is 2.11. The molecule has 0 spiro atoms. The van der Waals surface area contributed by atoms with Crippen LogP contribution in [0.25, 0.3) is 0 Å². The Labute approximate surface area is 61.5 Å². The fourth-order valence-electron chi connectivity index (χ4n) is 0. The Hall–Kier alpha value is 0.570. The molecule has 0 aliphatic heterocycles. The number of hydrogen-bond donors (Lipinski definition) is 1. The van der Waals surface area contributed by atoms with E-state index in [2.05, 4.69) is 29.5 Å². The van der Waals surface area contributed by atoms with Crippen LogP contribution >= 0.6 is 22.6 Å². The van der Waals surface area contributed by atoms with E-state index < -0.39 is 10.5 Å². The molecule has 0 rings (SSSR count). The highest BCUT2D eigenvalue weighted by Gasteiger charge is 1.89. The average Bonchev–Trinajstić information content (AvgIpc) is 1.27. The van der Waals surface area contributed by atoms with Gasteiger partial charge < -0.3 is 0 Å². The third-order valence-corrected chi connectivity index (χ3v) is 0. The third kappa shape index (κ3) is 627. The van der Waals surface area contributed by atoms with Crippen molar-refractivity contribution < 1.29 is 16.9 Å². The van der Waals surface area contributed by atoms with Crippen molar-refractivity contribution in [1.82, 2.24) is 0 Å². The molecule has 0 radical (unpaired) electrons. The SMILES string of the molecule is CCI.O=S(=O)(O)F. The smallest absolute Gasteiger partial charge is 0.260 e. The Balaban J connectivity index is 0. The van der Waals surface area contributed by atoms with Gasteiger partial charge in [-0.2, -0.15) is 8.42 Å². The van der Waals surface area contributed by atoms with Crippen molar-refractivity contribution >= 4 is 33.1 Å². The van der Waals surface area contributed by atoms with Crippen molar-refractivity contribution in [1.29, 1.82) is 0 Å². The van der Waals surface area contributed by atoms with Crippen molar-refractivity contribution in [3.63, 3.8) is 0 Å². The van der Waals surface area contributed by atoms with Gasteiger partial charge in [-0.1, -0.05) is 33.4 Å². The molecule has 8 heavy (non-hydrogen) atoms. The Morgan fingerprint density at radius 1 is 1.75 bits per heavy atom. The predicted molar refractivity (Wildman–Crippen MR) is 37.2 cm³/mol. The third-order valence-electron chi connectivity index (χ3n) is 0. The molecule has 0 atom stereocenters. The van der Waals surface area contributed by atoms with Crippen molar-refractivity contribution in [2.75, 3.05) is 4.43 Å². The van der Waals surface area contributed by atoms with E-state index in [-0.39, 0.29) is 0 Å². The zero-order valence-corrected chi connectivity index (χ0v) is 7.11. The highest BCUT2D eigenvalue weighted by atomic mass is 127. The van der Waals surface area contributed by atoms with Crippen LogP contribution in [0.2, 0.25) is 0 Å². The van der Waals surface area contributed by atoms with Crippen LogP contribution in [0, 0.1) is 0 Å². The minimum atomic E-state index is -5.17. The normalized spacial score (nSPS) is 9.50. The molecule has 0 saturated heterocycles. The van der Waals surface area contributed by atoms with Crippen LogP contribution in [0.4, 0.5) is 3.89 Å². The molecule has 0 aliphatic rings. The number of hydrogen-bond acceptors (Lipinski definition) is 2. The Bertz CT molecular complexity index is 111. The van der Waals surface area contributed by atoms with Gasteiger partial charge in [-0.25, -0.2) is 0 Å². The molecular weight excluding hydrogens is 250 g/mol. The standard InChI is InChI=1S/C2H5I.FHO3S/c1-2-3;1-5(2,3)4/h2H2,1H3;(H,2,3,4). The molecule has 0 unspecified atom stereocenters. The summed E-state index contributed by atoms with van der Waals surface area (Å²) in [6.07, 6.45) is 0. The molecule has 6 heteroatoms. The number of alkyl halides is 1. The highest BCUT2D eigenvalue weighted by molar-refractivity contribution is 14.1. The molecule has 0 aromatic heterocycles. The molecule has 0 heterocycles. The molecule has 0 fully saturated rings. The van der Waals surface area contributed by atoms with E-state index in [1.54, 1.807) is 0 Å². The maximum atomic E-state index is 10.2. The van der Waals surface area contributed by atoms with Gasteiger partial charge >= 0.3 is 10.5 Å². The van der Waals surface area contributed by atoms with Gasteiger partial charge in [-0.05, 0) is 4.43 Å². The minimum absolute atomic E-state index is 1.22. The van der Waals surface area contributed by atoms with Gasteiger partial charge in [0.05, 0.1) is 0 Å². The lowest BCUT2D eigenvalue weighted by Crippen LogP contribution is -1.80. The van der Waals surface area contributed by atoms with Crippen LogP contribution in [0.3, 0.4) is 0 Å². The van der Waals surface area contributed by atoms with E-state index in [9.17, 15) is 3.89 Å². The van der Waals surface area contributed by atoms with E-state index in [1.807, 2.05) is 0 Å². The number of halogens is 2. The Kier molecular flexibility index (Phi) is 8.11. The summed E-state index contributed by atoms with van der Waals surface area (Å²) in [4.78, 5) is 0. The van der Waals surface area contributed by atoms with E-state index >= 15 is 0 Å². The Morgan fingerprint density at radius 2 is 1.75 bits per heavy atom. The van der Waals surface area contributed by atoms with E-state index in [0.29, 0.717) is 0 Å². The largest absolute Gasteiger partial charge is 0.435 e. The molecule has 0 saturated carbocycles. The fraction of sp³-hybridized carbons (Fsp3) is 1.00. The van der Waals surface area contributed by atoms with Crippen molar-refractivity contribution in [3.8, 4) is 0 Å². The molecule has 0 aromatic rings. The lowest BCUT2D eigenvalue weighted by atomic mass is 11.0. The second-order valence-electron chi connectivity index (χ2n) is 0.679. The van der Waals surface area contributed by atoms with E-state index in [4.69, 9.17) is 13.0 Å². The summed E-state index contributed by atoms with van der Waals surface area (Å²) < 4.78 is 35.3. The predicted octanol–water partition coefficient (Wildman–Crippen LogP) is 1.20. The van der Waals surface area contributed by atoms with Gasteiger partial charge in [0.1, 0.15) is 0 Å². The maximum absolute atomic E-state index is 10.2. The average molecular weight is 256 g/mol. The van der Waals surface area contributed by atoms with Crippen molar-refractivity contribution in [3.05, 3.63) is 0 Å². The summed E-state index contributed by atoms with van der Waals surface area (Å²) in [5.74, 6) is 0. The van der Waals surface area contributed by atoms with Crippen LogP contribution in [0.5, 0.6) is 0 Å². The van der Waals surface area contributed by atoms with Gasteiger partial charge in [0.25, 0.3) is 0 Å². The zero-order chi connectivity index (χ0) is 7.21. The van der Waals surface area contributed by atoms with Crippen LogP contribution in [0.15, 0.2) is 0 Å². The van der Waals surface area contributed by atoms with Gasteiger partial charge in [0.15, 0.2) is 0 Å². The summed E-state index contributed by atoms with van der Waals surface area (Å²) in [5.41, 5.74) is 0. The molecule has 0 aromatic carbocycles. The lowest BCUT2D eigenvalue weighted by molar-refractivity contribution is 0.435. The summed E-state index contributed by atoms with van der Waals surface area (Å²) in [7, 11) is -5.17. The summed E-state index contributed by atoms with van der Waals surface area (Å²) >= 11 is 2.29. The fourth-order valence-corrected chi connectivity index (χ4v) is 0. The van der Waals surface area contributed by atoms with Crippen molar-refractivity contribution in [2.45, 2.75) is 6.92 Å².